The van der Waals surface area contributed by atoms with Gasteiger partial charge in [-0.15, -0.1) is 0 Å². The van der Waals surface area contributed by atoms with Crippen LogP contribution in [-0.4, -0.2) is 12.0 Å². The summed E-state index contributed by atoms with van der Waals surface area (Å²) in [5, 5.41) is 3.59. The number of benzene rings is 2. The summed E-state index contributed by atoms with van der Waals surface area (Å²) in [6.07, 6.45) is 3.55. The molecule has 2 unspecified atom stereocenters. The summed E-state index contributed by atoms with van der Waals surface area (Å²) in [6, 6.07) is 13.7. The van der Waals surface area contributed by atoms with Crippen molar-refractivity contribution in [2.75, 3.05) is 0 Å². The fraction of sp³-hybridized carbons (Fsp3) is 0.381. The van der Waals surface area contributed by atoms with Crippen molar-refractivity contribution in [2.24, 2.45) is 0 Å². The lowest BCUT2D eigenvalue weighted by molar-refractivity contribution is -0.128. The van der Waals surface area contributed by atoms with Crippen molar-refractivity contribution in [2.45, 2.75) is 51.7 Å². The molecule has 3 rings (SSSR count). The summed E-state index contributed by atoms with van der Waals surface area (Å²) in [5.74, 6) is 0.423. The highest BCUT2D eigenvalue weighted by molar-refractivity contribution is 6.32. The van der Waals surface area contributed by atoms with E-state index in [4.69, 9.17) is 16.3 Å². The normalized spacial score (nSPS) is 15.3. The predicted molar refractivity (Wildman–Crippen MR) is 101 cm³/mol. The molecule has 1 aliphatic carbocycles. The largest absolute Gasteiger partial charge is 0.479 e. The highest BCUT2D eigenvalue weighted by Crippen LogP contribution is 2.27. The topological polar surface area (TPSA) is 38.3 Å². The number of para-hydroxylation sites is 1. The average molecular weight is 358 g/mol. The Morgan fingerprint density at radius 1 is 1.20 bits per heavy atom. The lowest BCUT2D eigenvalue weighted by atomic mass is 10.0. The van der Waals surface area contributed by atoms with Gasteiger partial charge >= 0.3 is 0 Å². The molecule has 0 aliphatic heterocycles. The molecule has 0 bridgehead atoms. The van der Waals surface area contributed by atoms with Gasteiger partial charge in [-0.3, -0.25) is 4.79 Å². The zero-order chi connectivity index (χ0) is 17.8. The number of nitrogens with one attached hydrogen (secondary N) is 1. The maximum atomic E-state index is 12.6. The SMILES string of the molecule is CCC(Oc1ccccc1Cl)C(=O)NC(C)c1ccc2c(c1)CCC2. The average Bonchev–Trinajstić information content (AvgIpc) is 3.08. The molecule has 4 heteroatoms. The van der Waals surface area contributed by atoms with Crippen LogP contribution in [0.25, 0.3) is 0 Å². The Bertz CT molecular complexity index is 759. The number of fused-ring (bicyclic) bond motifs is 1. The molecule has 132 valence electrons. The summed E-state index contributed by atoms with van der Waals surface area (Å²) in [7, 11) is 0. The first kappa shape index (κ1) is 17.8. The van der Waals surface area contributed by atoms with Crippen LogP contribution < -0.4 is 10.1 Å². The molecule has 0 spiro atoms. The fourth-order valence-electron chi connectivity index (χ4n) is 3.27. The molecular formula is C21H24ClNO2. The van der Waals surface area contributed by atoms with E-state index in [0.717, 1.165) is 12.0 Å². The number of amides is 1. The second-order valence-corrected chi connectivity index (χ2v) is 6.96. The molecule has 25 heavy (non-hydrogen) atoms. The van der Waals surface area contributed by atoms with Gasteiger partial charge in [-0.2, -0.15) is 0 Å². The predicted octanol–water partition coefficient (Wildman–Crippen LogP) is 4.86. The fourth-order valence-corrected chi connectivity index (χ4v) is 3.45. The first-order chi connectivity index (χ1) is 12.1. The minimum Gasteiger partial charge on any atom is -0.479 e. The molecule has 2 aromatic rings. The smallest absolute Gasteiger partial charge is 0.261 e. The minimum atomic E-state index is -0.559. The molecular weight excluding hydrogens is 334 g/mol. The Balaban J connectivity index is 1.66. The minimum absolute atomic E-state index is 0.0534. The van der Waals surface area contributed by atoms with Crippen molar-refractivity contribution in [1.82, 2.24) is 5.32 Å². The van der Waals surface area contributed by atoms with Gasteiger partial charge in [-0.05, 0) is 61.4 Å². The van der Waals surface area contributed by atoms with Gasteiger partial charge in [0, 0.05) is 0 Å². The summed E-state index contributed by atoms with van der Waals surface area (Å²) >= 11 is 6.13. The maximum absolute atomic E-state index is 12.6. The van der Waals surface area contributed by atoms with Crippen LogP contribution in [0.2, 0.25) is 5.02 Å². The van der Waals surface area contributed by atoms with E-state index in [2.05, 4.69) is 23.5 Å². The van der Waals surface area contributed by atoms with Crippen LogP contribution >= 0.6 is 11.6 Å². The van der Waals surface area contributed by atoms with Gasteiger partial charge < -0.3 is 10.1 Å². The number of rotatable bonds is 6. The maximum Gasteiger partial charge on any atom is 0.261 e. The third-order valence-electron chi connectivity index (χ3n) is 4.75. The number of carbonyl (C=O) groups excluding carboxylic acids is 1. The van der Waals surface area contributed by atoms with Crippen molar-refractivity contribution in [3.05, 3.63) is 64.2 Å². The summed E-state index contributed by atoms with van der Waals surface area (Å²) in [4.78, 5) is 12.6. The van der Waals surface area contributed by atoms with Crippen LogP contribution in [0.4, 0.5) is 0 Å². The van der Waals surface area contributed by atoms with E-state index in [1.54, 1.807) is 12.1 Å². The molecule has 3 nitrogen and oxygen atoms in total. The van der Waals surface area contributed by atoms with Crippen LogP contribution in [0.15, 0.2) is 42.5 Å². The summed E-state index contributed by atoms with van der Waals surface area (Å²) < 4.78 is 5.82. The molecule has 1 N–H and O–H groups in total. The Hall–Kier alpha value is -2.00. The summed E-state index contributed by atoms with van der Waals surface area (Å²) in [6.45, 7) is 3.94. The highest BCUT2D eigenvalue weighted by atomic mass is 35.5. The molecule has 0 saturated heterocycles. The zero-order valence-corrected chi connectivity index (χ0v) is 15.5. The molecule has 2 aromatic carbocycles. The standard InChI is InChI=1S/C21H24ClNO2/c1-3-19(25-20-10-5-4-9-18(20)22)21(24)23-14(2)16-12-11-15-7-6-8-17(15)13-16/h4-5,9-14,19H,3,6-8H2,1-2H3,(H,23,24). The van der Waals surface area contributed by atoms with Gasteiger partial charge in [0.2, 0.25) is 0 Å². The molecule has 0 fully saturated rings. The van der Waals surface area contributed by atoms with Crippen molar-refractivity contribution in [1.29, 1.82) is 0 Å². The first-order valence-corrected chi connectivity index (χ1v) is 9.29. The quantitative estimate of drug-likeness (QED) is 0.801. The van der Waals surface area contributed by atoms with Gasteiger partial charge in [0.05, 0.1) is 11.1 Å². The monoisotopic (exact) mass is 357 g/mol. The molecule has 0 radical (unpaired) electrons. The van der Waals surface area contributed by atoms with E-state index < -0.39 is 6.10 Å². The van der Waals surface area contributed by atoms with E-state index in [1.165, 1.54) is 24.0 Å². The highest BCUT2D eigenvalue weighted by Gasteiger charge is 2.22. The lowest BCUT2D eigenvalue weighted by Crippen LogP contribution is -2.39. The van der Waals surface area contributed by atoms with Gasteiger partial charge in [0.15, 0.2) is 6.10 Å². The lowest BCUT2D eigenvalue weighted by Gasteiger charge is -2.21. The van der Waals surface area contributed by atoms with Crippen LogP contribution in [-0.2, 0) is 17.6 Å². The zero-order valence-electron chi connectivity index (χ0n) is 14.7. The van der Waals surface area contributed by atoms with E-state index in [9.17, 15) is 4.79 Å². The summed E-state index contributed by atoms with van der Waals surface area (Å²) in [5.41, 5.74) is 4.00. The third-order valence-corrected chi connectivity index (χ3v) is 5.06. The van der Waals surface area contributed by atoms with E-state index in [-0.39, 0.29) is 11.9 Å². The Kier molecular flexibility index (Phi) is 5.64. The van der Waals surface area contributed by atoms with Crippen molar-refractivity contribution in [3.8, 4) is 5.75 Å². The number of halogens is 1. The number of aryl methyl sites for hydroxylation is 2. The van der Waals surface area contributed by atoms with E-state index >= 15 is 0 Å². The molecule has 1 aliphatic rings. The van der Waals surface area contributed by atoms with E-state index in [1.807, 2.05) is 26.0 Å². The molecule has 0 aromatic heterocycles. The number of hydrogen-bond donors (Lipinski definition) is 1. The van der Waals surface area contributed by atoms with Gasteiger partial charge in [-0.25, -0.2) is 0 Å². The number of hydrogen-bond acceptors (Lipinski definition) is 2. The second-order valence-electron chi connectivity index (χ2n) is 6.56. The molecule has 0 heterocycles. The number of carbonyl (C=O) groups is 1. The number of ether oxygens (including phenoxy) is 1. The first-order valence-electron chi connectivity index (χ1n) is 8.91. The van der Waals surface area contributed by atoms with Gasteiger partial charge in [0.1, 0.15) is 5.75 Å². The molecule has 1 amide bonds. The Morgan fingerprint density at radius 3 is 2.72 bits per heavy atom. The van der Waals surface area contributed by atoms with Gasteiger partial charge in [0.25, 0.3) is 5.91 Å². The van der Waals surface area contributed by atoms with Crippen molar-refractivity contribution >= 4 is 17.5 Å². The van der Waals surface area contributed by atoms with Crippen LogP contribution in [0.1, 0.15) is 49.4 Å². The van der Waals surface area contributed by atoms with Crippen molar-refractivity contribution in [3.63, 3.8) is 0 Å². The molecule has 0 saturated carbocycles. The second kappa shape index (κ2) is 7.92. The van der Waals surface area contributed by atoms with Crippen LogP contribution in [0.5, 0.6) is 5.75 Å². The van der Waals surface area contributed by atoms with Crippen LogP contribution in [0.3, 0.4) is 0 Å². The molecule has 2 atom stereocenters. The Labute approximate surface area is 154 Å². The van der Waals surface area contributed by atoms with Gasteiger partial charge in [-0.1, -0.05) is 48.9 Å². The van der Waals surface area contributed by atoms with E-state index in [0.29, 0.717) is 17.2 Å². The van der Waals surface area contributed by atoms with Crippen molar-refractivity contribution < 1.29 is 9.53 Å². The third kappa shape index (κ3) is 4.16. The van der Waals surface area contributed by atoms with Crippen LogP contribution in [0, 0.1) is 0 Å². The Morgan fingerprint density at radius 2 is 1.96 bits per heavy atom.